The lowest BCUT2D eigenvalue weighted by molar-refractivity contribution is 0.238. The average molecular weight is 203 g/mol. The van der Waals surface area contributed by atoms with Crippen LogP contribution in [0.25, 0.3) is 6.08 Å². The molecule has 0 bridgehead atoms. The Bertz CT molecular complexity index is 321. The van der Waals surface area contributed by atoms with Gasteiger partial charge in [-0.25, -0.2) is 9.97 Å². The number of piperidine rings is 1. The molecule has 0 aliphatic carbocycles. The van der Waals surface area contributed by atoms with Crippen molar-refractivity contribution in [2.24, 2.45) is 5.92 Å². The molecule has 1 fully saturated rings. The molecule has 0 radical (unpaired) electrons. The minimum atomic E-state index is 0.684. The molecule has 1 aliphatic rings. The van der Waals surface area contributed by atoms with E-state index in [9.17, 15) is 0 Å². The van der Waals surface area contributed by atoms with Crippen molar-refractivity contribution in [3.05, 3.63) is 30.4 Å². The van der Waals surface area contributed by atoms with Gasteiger partial charge in [0.05, 0.1) is 0 Å². The first-order valence-electron chi connectivity index (χ1n) is 5.46. The summed E-state index contributed by atoms with van der Waals surface area (Å²) in [6, 6.07) is 0. The van der Waals surface area contributed by atoms with Gasteiger partial charge in [0.1, 0.15) is 6.33 Å². The van der Waals surface area contributed by atoms with Crippen LogP contribution in [-0.2, 0) is 0 Å². The second-order valence-corrected chi connectivity index (χ2v) is 4.20. The Morgan fingerprint density at radius 3 is 2.93 bits per heavy atom. The third-order valence-electron chi connectivity index (χ3n) is 2.80. The molecule has 3 heteroatoms. The highest BCUT2D eigenvalue weighted by atomic mass is 15.1. The summed E-state index contributed by atoms with van der Waals surface area (Å²) in [5, 5.41) is 0. The molecule has 1 aromatic heterocycles. The van der Waals surface area contributed by atoms with Crippen LogP contribution < -0.4 is 0 Å². The van der Waals surface area contributed by atoms with Crippen molar-refractivity contribution in [2.45, 2.75) is 12.8 Å². The number of nitrogens with zero attached hydrogens (tertiary/aromatic N) is 3. The Kier molecular flexibility index (Phi) is 3.45. The van der Waals surface area contributed by atoms with E-state index in [0.29, 0.717) is 5.92 Å². The minimum absolute atomic E-state index is 0.684. The summed E-state index contributed by atoms with van der Waals surface area (Å²) in [5.74, 6) is 0.684. The molecule has 0 N–H and O–H groups in total. The van der Waals surface area contributed by atoms with Crippen LogP contribution in [0, 0.1) is 5.92 Å². The molecule has 2 rings (SSSR count). The van der Waals surface area contributed by atoms with Gasteiger partial charge in [-0.2, -0.15) is 0 Å². The molecule has 1 aliphatic heterocycles. The molecule has 1 aromatic rings. The van der Waals surface area contributed by atoms with Crippen LogP contribution in [-0.4, -0.2) is 35.0 Å². The number of aromatic nitrogens is 2. The standard InChI is InChI=1S/C12H17N3/c1-15-6-2-3-11(9-15)4-5-12-7-13-10-14-8-12/h4-5,7-8,10-11H,2-3,6,9H2,1H3. The largest absolute Gasteiger partial charge is 0.306 e. The van der Waals surface area contributed by atoms with Gasteiger partial charge < -0.3 is 4.90 Å². The van der Waals surface area contributed by atoms with Crippen molar-refractivity contribution in [3.63, 3.8) is 0 Å². The van der Waals surface area contributed by atoms with E-state index in [-0.39, 0.29) is 0 Å². The van der Waals surface area contributed by atoms with Crippen LogP contribution in [0.15, 0.2) is 24.8 Å². The van der Waals surface area contributed by atoms with E-state index in [4.69, 9.17) is 0 Å². The lowest BCUT2D eigenvalue weighted by atomic mass is 9.97. The zero-order valence-electron chi connectivity index (χ0n) is 9.13. The molecule has 0 amide bonds. The third-order valence-corrected chi connectivity index (χ3v) is 2.80. The molecule has 3 nitrogen and oxygen atoms in total. The predicted molar refractivity (Wildman–Crippen MR) is 61.3 cm³/mol. The maximum Gasteiger partial charge on any atom is 0.115 e. The smallest absolute Gasteiger partial charge is 0.115 e. The number of likely N-dealkylation sites (tertiary alicyclic amines) is 1. The van der Waals surface area contributed by atoms with Crippen LogP contribution >= 0.6 is 0 Å². The molecule has 1 saturated heterocycles. The highest BCUT2D eigenvalue weighted by molar-refractivity contribution is 5.46. The molecular weight excluding hydrogens is 186 g/mol. The molecule has 0 spiro atoms. The fourth-order valence-corrected chi connectivity index (χ4v) is 2.01. The lowest BCUT2D eigenvalue weighted by Gasteiger charge is -2.27. The molecule has 0 saturated carbocycles. The van der Waals surface area contributed by atoms with E-state index in [2.05, 4.69) is 34.1 Å². The average Bonchev–Trinajstić information content (AvgIpc) is 2.28. The van der Waals surface area contributed by atoms with Gasteiger partial charge in [-0.3, -0.25) is 0 Å². The Labute approximate surface area is 90.9 Å². The predicted octanol–water partition coefficient (Wildman–Crippen LogP) is 1.83. The van der Waals surface area contributed by atoms with Crippen molar-refractivity contribution >= 4 is 6.08 Å². The summed E-state index contributed by atoms with van der Waals surface area (Å²) in [4.78, 5) is 10.4. The van der Waals surface area contributed by atoms with Crippen molar-refractivity contribution in [2.75, 3.05) is 20.1 Å². The van der Waals surface area contributed by atoms with Gasteiger partial charge in [0.25, 0.3) is 0 Å². The van der Waals surface area contributed by atoms with E-state index in [1.54, 1.807) is 6.33 Å². The Balaban J connectivity index is 1.93. The summed E-state index contributed by atoms with van der Waals surface area (Å²) in [7, 11) is 2.19. The Morgan fingerprint density at radius 2 is 2.20 bits per heavy atom. The summed E-state index contributed by atoms with van der Waals surface area (Å²) in [6.07, 6.45) is 12.3. The third kappa shape index (κ3) is 3.13. The van der Waals surface area contributed by atoms with Gasteiger partial charge >= 0.3 is 0 Å². The lowest BCUT2D eigenvalue weighted by Crippen LogP contribution is -2.30. The first-order valence-corrected chi connectivity index (χ1v) is 5.46. The second-order valence-electron chi connectivity index (χ2n) is 4.20. The van der Waals surface area contributed by atoms with Gasteiger partial charge in [0.2, 0.25) is 0 Å². The van der Waals surface area contributed by atoms with Gasteiger partial charge in [-0.15, -0.1) is 0 Å². The minimum Gasteiger partial charge on any atom is -0.306 e. The zero-order valence-corrected chi connectivity index (χ0v) is 9.13. The van der Waals surface area contributed by atoms with E-state index in [0.717, 1.165) is 5.56 Å². The SMILES string of the molecule is CN1CCCC(C=Cc2cncnc2)C1. The topological polar surface area (TPSA) is 29.0 Å². The van der Waals surface area contributed by atoms with Crippen LogP contribution in [0.5, 0.6) is 0 Å². The van der Waals surface area contributed by atoms with Crippen LogP contribution in [0.1, 0.15) is 18.4 Å². The number of hydrogen-bond donors (Lipinski definition) is 0. The summed E-state index contributed by atoms with van der Waals surface area (Å²) in [5.41, 5.74) is 1.09. The molecule has 0 aromatic carbocycles. The molecule has 80 valence electrons. The van der Waals surface area contributed by atoms with Gasteiger partial charge in [-0.1, -0.05) is 12.2 Å². The summed E-state index contributed by atoms with van der Waals surface area (Å²) < 4.78 is 0. The van der Waals surface area contributed by atoms with Crippen molar-refractivity contribution in [1.82, 2.24) is 14.9 Å². The maximum absolute atomic E-state index is 3.99. The van der Waals surface area contributed by atoms with Gasteiger partial charge in [0, 0.05) is 24.5 Å². The monoisotopic (exact) mass is 203 g/mol. The first kappa shape index (κ1) is 10.3. The molecule has 15 heavy (non-hydrogen) atoms. The van der Waals surface area contributed by atoms with Gasteiger partial charge in [0.15, 0.2) is 0 Å². The Hall–Kier alpha value is -1.22. The maximum atomic E-state index is 3.99. The summed E-state index contributed by atoms with van der Waals surface area (Å²) in [6.45, 7) is 2.41. The second kappa shape index (κ2) is 5.03. The van der Waals surface area contributed by atoms with Crippen LogP contribution in [0.3, 0.4) is 0 Å². The first-order chi connectivity index (χ1) is 7.34. The van der Waals surface area contributed by atoms with E-state index < -0.39 is 0 Å². The normalized spacial score (nSPS) is 23.4. The number of hydrogen-bond acceptors (Lipinski definition) is 3. The van der Waals surface area contributed by atoms with Crippen molar-refractivity contribution in [1.29, 1.82) is 0 Å². The van der Waals surface area contributed by atoms with Crippen LogP contribution in [0.4, 0.5) is 0 Å². The molecule has 1 unspecified atom stereocenters. The fourth-order valence-electron chi connectivity index (χ4n) is 2.01. The molecule has 2 heterocycles. The zero-order chi connectivity index (χ0) is 10.5. The van der Waals surface area contributed by atoms with E-state index in [1.807, 2.05) is 12.4 Å². The Morgan fingerprint density at radius 1 is 1.40 bits per heavy atom. The molecule has 1 atom stereocenters. The quantitative estimate of drug-likeness (QED) is 0.734. The summed E-state index contributed by atoms with van der Waals surface area (Å²) >= 11 is 0. The highest BCUT2D eigenvalue weighted by Gasteiger charge is 2.13. The molecular formula is C12H17N3. The number of rotatable bonds is 2. The van der Waals surface area contributed by atoms with E-state index >= 15 is 0 Å². The van der Waals surface area contributed by atoms with Crippen molar-refractivity contribution < 1.29 is 0 Å². The van der Waals surface area contributed by atoms with E-state index in [1.165, 1.54) is 25.9 Å². The van der Waals surface area contributed by atoms with Crippen molar-refractivity contribution in [3.8, 4) is 0 Å². The highest BCUT2D eigenvalue weighted by Crippen LogP contribution is 2.17. The van der Waals surface area contributed by atoms with Crippen LogP contribution in [0.2, 0.25) is 0 Å². The van der Waals surface area contributed by atoms with Gasteiger partial charge in [-0.05, 0) is 32.4 Å². The fraction of sp³-hybridized carbons (Fsp3) is 0.500.